The zero-order chi connectivity index (χ0) is 17.3. The monoisotopic (exact) mass is 321 g/mol. The lowest BCUT2D eigenvalue weighted by atomic mass is 10.1. The largest absolute Gasteiger partial charge is 0.326 e. The maximum absolute atomic E-state index is 12.8. The molecule has 1 amide bonds. The van der Waals surface area contributed by atoms with Crippen molar-refractivity contribution in [1.29, 1.82) is 0 Å². The molecule has 0 aliphatic rings. The number of aromatic nitrogens is 2. The van der Waals surface area contributed by atoms with Crippen LogP contribution in [0.4, 0.5) is 5.69 Å². The summed E-state index contributed by atoms with van der Waals surface area (Å²) < 4.78 is 1.60. The maximum atomic E-state index is 12.8. The number of nitrogens with one attached hydrogen (secondary N) is 1. The van der Waals surface area contributed by atoms with Crippen molar-refractivity contribution < 1.29 is 4.79 Å². The third-order valence-electron chi connectivity index (χ3n) is 4.01. The van der Waals surface area contributed by atoms with Crippen LogP contribution in [-0.2, 0) is 4.79 Å². The Balaban J connectivity index is 2.13. The van der Waals surface area contributed by atoms with Gasteiger partial charge in [0.2, 0.25) is 5.91 Å². The predicted octanol–water partition coefficient (Wildman–Crippen LogP) is 3.35. The first-order valence-corrected chi connectivity index (χ1v) is 7.90. The van der Waals surface area contributed by atoms with Crippen molar-refractivity contribution in [2.24, 2.45) is 0 Å². The van der Waals surface area contributed by atoms with Crippen LogP contribution in [0.3, 0.4) is 0 Å². The number of hydrogen-bond acceptors (Lipinski definition) is 3. The molecular formula is C19H19N3O2. The molecule has 24 heavy (non-hydrogen) atoms. The van der Waals surface area contributed by atoms with E-state index in [1.54, 1.807) is 10.6 Å². The Morgan fingerprint density at radius 2 is 1.92 bits per heavy atom. The van der Waals surface area contributed by atoms with Gasteiger partial charge in [0, 0.05) is 12.1 Å². The van der Waals surface area contributed by atoms with Crippen LogP contribution in [-0.4, -0.2) is 15.5 Å². The average Bonchev–Trinajstić information content (AvgIpc) is 2.57. The molecule has 3 aromatic rings. The topological polar surface area (TPSA) is 64.0 Å². The number of benzene rings is 2. The molecule has 3 rings (SSSR count). The van der Waals surface area contributed by atoms with E-state index in [4.69, 9.17) is 0 Å². The molecule has 0 fully saturated rings. The Kier molecular flexibility index (Phi) is 4.16. The molecule has 0 spiro atoms. The molecule has 5 nitrogen and oxygen atoms in total. The first kappa shape index (κ1) is 15.9. The molecule has 0 bridgehead atoms. The molecule has 0 aliphatic heterocycles. The van der Waals surface area contributed by atoms with Gasteiger partial charge in [0.05, 0.1) is 16.6 Å². The van der Waals surface area contributed by atoms with Gasteiger partial charge >= 0.3 is 0 Å². The fourth-order valence-electron chi connectivity index (χ4n) is 2.71. The SMILES string of the molecule is CCC(=O)Nc1ccc(-n2c(C)nc3ccccc3c2=O)cc1C. The fourth-order valence-corrected chi connectivity index (χ4v) is 2.71. The molecule has 0 unspecified atom stereocenters. The summed E-state index contributed by atoms with van der Waals surface area (Å²) in [6, 6.07) is 12.8. The number of carbonyl (C=O) groups excluding carboxylic acids is 1. The second kappa shape index (κ2) is 6.28. The summed E-state index contributed by atoms with van der Waals surface area (Å²) in [4.78, 5) is 28.9. The van der Waals surface area contributed by atoms with Crippen molar-refractivity contribution in [3.05, 3.63) is 64.2 Å². The second-order valence-electron chi connectivity index (χ2n) is 5.72. The number of anilines is 1. The van der Waals surface area contributed by atoms with Crippen molar-refractivity contribution in [2.75, 3.05) is 5.32 Å². The minimum Gasteiger partial charge on any atom is -0.326 e. The van der Waals surface area contributed by atoms with Crippen molar-refractivity contribution in [3.8, 4) is 5.69 Å². The molecule has 1 heterocycles. The summed E-state index contributed by atoms with van der Waals surface area (Å²) in [7, 11) is 0. The van der Waals surface area contributed by atoms with Crippen LogP contribution < -0.4 is 10.9 Å². The summed E-state index contributed by atoms with van der Waals surface area (Å²) in [5, 5.41) is 3.44. The van der Waals surface area contributed by atoms with Crippen molar-refractivity contribution >= 4 is 22.5 Å². The van der Waals surface area contributed by atoms with Crippen LogP contribution in [0.15, 0.2) is 47.3 Å². The van der Waals surface area contributed by atoms with E-state index in [-0.39, 0.29) is 11.5 Å². The maximum Gasteiger partial charge on any atom is 0.265 e. The molecule has 0 radical (unpaired) electrons. The first-order valence-electron chi connectivity index (χ1n) is 7.90. The average molecular weight is 321 g/mol. The van der Waals surface area contributed by atoms with Gasteiger partial charge < -0.3 is 5.32 Å². The lowest BCUT2D eigenvalue weighted by molar-refractivity contribution is -0.115. The van der Waals surface area contributed by atoms with Crippen LogP contribution >= 0.6 is 0 Å². The number of hydrogen-bond donors (Lipinski definition) is 1. The van der Waals surface area contributed by atoms with Gasteiger partial charge in [0.25, 0.3) is 5.56 Å². The first-order chi connectivity index (χ1) is 11.5. The van der Waals surface area contributed by atoms with Gasteiger partial charge in [-0.3, -0.25) is 14.2 Å². The highest BCUT2D eigenvalue weighted by Gasteiger charge is 2.11. The van der Waals surface area contributed by atoms with Gasteiger partial charge in [0.15, 0.2) is 0 Å². The molecule has 1 aromatic heterocycles. The van der Waals surface area contributed by atoms with Crippen LogP contribution in [0.5, 0.6) is 0 Å². The highest BCUT2D eigenvalue weighted by Crippen LogP contribution is 2.20. The standard InChI is InChI=1S/C19H19N3O2/c1-4-18(23)21-16-10-9-14(11-12(16)2)22-13(3)20-17-8-6-5-7-15(17)19(22)24/h5-11H,4H2,1-3H3,(H,21,23). The predicted molar refractivity (Wildman–Crippen MR) is 95.7 cm³/mol. The summed E-state index contributed by atoms with van der Waals surface area (Å²) in [6.07, 6.45) is 0.425. The Morgan fingerprint density at radius 3 is 2.62 bits per heavy atom. The van der Waals surface area contributed by atoms with Gasteiger partial charge in [-0.05, 0) is 49.7 Å². The molecule has 0 aliphatic carbocycles. The third-order valence-corrected chi connectivity index (χ3v) is 4.01. The smallest absolute Gasteiger partial charge is 0.265 e. The number of rotatable bonds is 3. The Bertz CT molecular complexity index is 990. The van der Waals surface area contributed by atoms with Crippen molar-refractivity contribution in [1.82, 2.24) is 9.55 Å². The molecule has 1 N–H and O–H groups in total. The minimum absolute atomic E-state index is 0.0356. The van der Waals surface area contributed by atoms with Crippen LogP contribution in [0.25, 0.3) is 16.6 Å². The summed E-state index contributed by atoms with van der Waals surface area (Å²) >= 11 is 0. The van der Waals surface area contributed by atoms with Crippen LogP contribution in [0.2, 0.25) is 0 Å². The molecular weight excluding hydrogens is 302 g/mol. The molecule has 0 atom stereocenters. The highest BCUT2D eigenvalue weighted by atomic mass is 16.1. The Labute approximate surface area is 140 Å². The number of amides is 1. The van der Waals surface area contributed by atoms with E-state index in [9.17, 15) is 9.59 Å². The quantitative estimate of drug-likeness (QED) is 0.804. The van der Waals surface area contributed by atoms with Gasteiger partial charge in [0.1, 0.15) is 5.82 Å². The minimum atomic E-state index is -0.0946. The Hall–Kier alpha value is -2.95. The zero-order valence-corrected chi connectivity index (χ0v) is 14.0. The zero-order valence-electron chi connectivity index (χ0n) is 14.0. The van der Waals surface area contributed by atoms with Crippen molar-refractivity contribution in [3.63, 3.8) is 0 Å². The van der Waals surface area contributed by atoms with E-state index >= 15 is 0 Å². The van der Waals surface area contributed by atoms with Crippen molar-refractivity contribution in [2.45, 2.75) is 27.2 Å². The number of nitrogens with zero attached hydrogens (tertiary/aromatic N) is 2. The number of aryl methyl sites for hydroxylation is 2. The van der Waals surface area contributed by atoms with Gasteiger partial charge in [-0.2, -0.15) is 0 Å². The summed E-state index contributed by atoms with van der Waals surface area (Å²) in [6.45, 7) is 5.53. The van der Waals surface area contributed by atoms with Crippen LogP contribution in [0, 0.1) is 13.8 Å². The van der Waals surface area contributed by atoms with Crippen LogP contribution in [0.1, 0.15) is 24.7 Å². The normalized spacial score (nSPS) is 10.8. The second-order valence-corrected chi connectivity index (χ2v) is 5.72. The third kappa shape index (κ3) is 2.80. The van der Waals surface area contributed by atoms with E-state index in [0.717, 1.165) is 16.9 Å². The number of fused-ring (bicyclic) bond motifs is 1. The van der Waals surface area contributed by atoms with E-state index in [1.165, 1.54) is 0 Å². The van der Waals surface area contributed by atoms with E-state index in [0.29, 0.717) is 23.1 Å². The van der Waals surface area contributed by atoms with E-state index in [2.05, 4.69) is 10.3 Å². The molecule has 122 valence electrons. The van der Waals surface area contributed by atoms with Gasteiger partial charge in [-0.1, -0.05) is 19.1 Å². The molecule has 5 heteroatoms. The highest BCUT2D eigenvalue weighted by molar-refractivity contribution is 5.91. The number of para-hydroxylation sites is 1. The van der Waals surface area contributed by atoms with E-state index in [1.807, 2.05) is 57.2 Å². The Morgan fingerprint density at radius 1 is 1.17 bits per heavy atom. The van der Waals surface area contributed by atoms with Gasteiger partial charge in [-0.15, -0.1) is 0 Å². The van der Waals surface area contributed by atoms with E-state index < -0.39 is 0 Å². The lowest BCUT2D eigenvalue weighted by Gasteiger charge is -2.14. The summed E-state index contributed by atoms with van der Waals surface area (Å²) in [5.41, 5.74) is 2.99. The summed E-state index contributed by atoms with van der Waals surface area (Å²) in [5.74, 6) is 0.593. The lowest BCUT2D eigenvalue weighted by Crippen LogP contribution is -2.22. The van der Waals surface area contributed by atoms with Gasteiger partial charge in [-0.25, -0.2) is 4.98 Å². The number of carbonyl (C=O) groups is 1. The molecule has 2 aromatic carbocycles. The molecule has 0 saturated carbocycles. The molecule has 0 saturated heterocycles. The fraction of sp³-hybridized carbons (Fsp3) is 0.211.